The van der Waals surface area contributed by atoms with Crippen LogP contribution in [0.2, 0.25) is 0 Å². The quantitative estimate of drug-likeness (QED) is 0.398. The summed E-state index contributed by atoms with van der Waals surface area (Å²) in [7, 11) is 0. The fourth-order valence-corrected chi connectivity index (χ4v) is 4.66. The molecule has 4 heterocycles. The van der Waals surface area contributed by atoms with Crippen LogP contribution < -0.4 is 10.2 Å². The van der Waals surface area contributed by atoms with Crippen LogP contribution >= 0.6 is 0 Å². The number of alkyl halides is 3. The van der Waals surface area contributed by atoms with Crippen LogP contribution in [0.3, 0.4) is 0 Å². The molecule has 0 radical (unpaired) electrons. The highest BCUT2D eigenvalue weighted by atomic mass is 19.4. The maximum absolute atomic E-state index is 13.7. The fourth-order valence-electron chi connectivity index (χ4n) is 4.66. The third-order valence-corrected chi connectivity index (χ3v) is 6.75. The number of hydrogen-bond acceptors (Lipinski definition) is 7. The van der Waals surface area contributed by atoms with Gasteiger partial charge in [0.15, 0.2) is 0 Å². The lowest BCUT2D eigenvalue weighted by atomic mass is 10.0. The van der Waals surface area contributed by atoms with Crippen molar-refractivity contribution in [1.29, 1.82) is 0 Å². The molecule has 5 rings (SSSR count). The van der Waals surface area contributed by atoms with E-state index in [-0.39, 0.29) is 18.2 Å². The van der Waals surface area contributed by atoms with E-state index in [0.29, 0.717) is 22.7 Å². The van der Waals surface area contributed by atoms with E-state index in [4.69, 9.17) is 0 Å². The third-order valence-electron chi connectivity index (χ3n) is 6.75. The Morgan fingerprint density at radius 1 is 1.05 bits per heavy atom. The summed E-state index contributed by atoms with van der Waals surface area (Å²) in [6, 6.07) is 5.32. The summed E-state index contributed by atoms with van der Waals surface area (Å²) in [5, 5.41) is 11.0. The van der Waals surface area contributed by atoms with Crippen molar-refractivity contribution in [2.75, 3.05) is 24.5 Å². The van der Waals surface area contributed by atoms with E-state index in [0.717, 1.165) is 44.0 Å². The molecule has 198 valence electrons. The van der Waals surface area contributed by atoms with Crippen LogP contribution in [0.15, 0.2) is 42.9 Å². The zero-order chi connectivity index (χ0) is 26.9. The first kappa shape index (κ1) is 25.6. The van der Waals surface area contributed by atoms with Crippen LogP contribution in [-0.2, 0) is 12.6 Å². The van der Waals surface area contributed by atoms with Gasteiger partial charge in [-0.05, 0) is 49.9 Å². The van der Waals surface area contributed by atoms with Gasteiger partial charge in [0.1, 0.15) is 11.0 Å². The maximum Gasteiger partial charge on any atom is 0.417 e. The molecule has 9 nitrogen and oxygen atoms in total. The smallest absolute Gasteiger partial charge is 0.352 e. The van der Waals surface area contributed by atoms with Gasteiger partial charge in [0.2, 0.25) is 5.95 Å². The molecule has 1 fully saturated rings. The zero-order valence-electron chi connectivity index (χ0n) is 21.0. The van der Waals surface area contributed by atoms with Crippen molar-refractivity contribution in [1.82, 2.24) is 35.3 Å². The number of aryl methyl sites for hydroxylation is 1. The summed E-state index contributed by atoms with van der Waals surface area (Å²) >= 11 is 0. The first-order chi connectivity index (χ1) is 18.3. The summed E-state index contributed by atoms with van der Waals surface area (Å²) in [5.74, 6) is -0.0554. The van der Waals surface area contributed by atoms with E-state index in [9.17, 15) is 18.0 Å². The summed E-state index contributed by atoms with van der Waals surface area (Å²) in [6.45, 7) is 5.47. The summed E-state index contributed by atoms with van der Waals surface area (Å²) < 4.78 is 43.1. The van der Waals surface area contributed by atoms with E-state index in [2.05, 4.69) is 42.4 Å². The number of rotatable bonds is 6. The topological polar surface area (TPSA) is 102 Å². The molecule has 3 aromatic heterocycles. The molecule has 4 aromatic rings. The Morgan fingerprint density at radius 3 is 2.45 bits per heavy atom. The molecule has 0 unspecified atom stereocenters. The number of anilines is 1. The van der Waals surface area contributed by atoms with Crippen LogP contribution in [0.5, 0.6) is 0 Å². The molecule has 1 amide bonds. The maximum atomic E-state index is 13.7. The van der Waals surface area contributed by atoms with Crippen LogP contribution in [0, 0.1) is 0 Å². The number of hydrogen-bond donors (Lipinski definition) is 1. The van der Waals surface area contributed by atoms with Crippen LogP contribution in [0.1, 0.15) is 54.2 Å². The lowest BCUT2D eigenvalue weighted by Gasteiger charge is -2.32. The molecule has 1 aliphatic rings. The Bertz CT molecular complexity index is 1440. The van der Waals surface area contributed by atoms with Gasteiger partial charge in [0.05, 0.1) is 29.1 Å². The van der Waals surface area contributed by atoms with Crippen molar-refractivity contribution in [2.24, 2.45) is 0 Å². The molecule has 38 heavy (non-hydrogen) atoms. The minimum atomic E-state index is -4.69. The Labute approximate surface area is 217 Å². The Hall–Kier alpha value is -4.09. The van der Waals surface area contributed by atoms with Gasteiger partial charge in [-0.2, -0.15) is 13.2 Å². The molecular formula is C26H27F3N8O. The number of fused-ring (bicyclic) bond motifs is 1. The SMILES string of the molecule is CCNC(=O)c1ccc(-c2cc3nnn(C4CCN(c5ncc(CC)cn5)CC4)c3cn2)cc1C(F)(F)F. The summed E-state index contributed by atoms with van der Waals surface area (Å²) in [5.41, 5.74) is 1.48. The number of halogens is 3. The number of carbonyl (C=O) groups is 1. The average molecular weight is 525 g/mol. The van der Waals surface area contributed by atoms with Gasteiger partial charge in [0, 0.05) is 37.6 Å². The second-order valence-electron chi connectivity index (χ2n) is 9.17. The highest BCUT2D eigenvalue weighted by Gasteiger charge is 2.35. The molecule has 0 spiro atoms. The monoisotopic (exact) mass is 524 g/mol. The number of nitrogens with one attached hydrogen (secondary N) is 1. The van der Waals surface area contributed by atoms with Gasteiger partial charge in [-0.15, -0.1) is 5.10 Å². The molecular weight excluding hydrogens is 497 g/mol. The van der Waals surface area contributed by atoms with Crippen molar-refractivity contribution in [3.8, 4) is 11.3 Å². The molecule has 12 heteroatoms. The third kappa shape index (κ3) is 5.02. The minimum Gasteiger partial charge on any atom is -0.352 e. The van der Waals surface area contributed by atoms with Gasteiger partial charge in [-0.25, -0.2) is 14.6 Å². The number of amides is 1. The predicted molar refractivity (Wildman–Crippen MR) is 136 cm³/mol. The van der Waals surface area contributed by atoms with E-state index < -0.39 is 23.2 Å². The van der Waals surface area contributed by atoms with Gasteiger partial charge in [-0.3, -0.25) is 9.78 Å². The Balaban J connectivity index is 1.36. The van der Waals surface area contributed by atoms with E-state index >= 15 is 0 Å². The van der Waals surface area contributed by atoms with Gasteiger partial charge < -0.3 is 10.2 Å². The van der Waals surface area contributed by atoms with Crippen molar-refractivity contribution >= 4 is 22.9 Å². The lowest BCUT2D eigenvalue weighted by molar-refractivity contribution is -0.137. The predicted octanol–water partition coefficient (Wildman–Crippen LogP) is 4.46. The Kier molecular flexibility index (Phi) is 6.96. The second kappa shape index (κ2) is 10.3. The number of pyridine rings is 1. The molecule has 0 saturated carbocycles. The fraction of sp³-hybridized carbons (Fsp3) is 0.385. The molecule has 1 aliphatic heterocycles. The van der Waals surface area contributed by atoms with Gasteiger partial charge >= 0.3 is 6.18 Å². The number of nitrogens with zero attached hydrogens (tertiary/aromatic N) is 7. The summed E-state index contributed by atoms with van der Waals surface area (Å²) in [6.07, 6.45) is 3.13. The first-order valence-corrected chi connectivity index (χ1v) is 12.5. The van der Waals surface area contributed by atoms with Crippen LogP contribution in [0.25, 0.3) is 22.3 Å². The van der Waals surface area contributed by atoms with Crippen LogP contribution in [0.4, 0.5) is 19.1 Å². The first-order valence-electron chi connectivity index (χ1n) is 12.5. The molecule has 1 aromatic carbocycles. The minimum absolute atomic E-state index is 0.104. The van der Waals surface area contributed by atoms with E-state index in [1.165, 1.54) is 12.1 Å². The molecule has 0 atom stereocenters. The highest BCUT2D eigenvalue weighted by molar-refractivity contribution is 5.96. The largest absolute Gasteiger partial charge is 0.417 e. The number of aromatic nitrogens is 6. The zero-order valence-corrected chi connectivity index (χ0v) is 21.0. The van der Waals surface area contributed by atoms with E-state index in [1.807, 2.05) is 17.1 Å². The van der Waals surface area contributed by atoms with Crippen molar-refractivity contribution < 1.29 is 18.0 Å². The van der Waals surface area contributed by atoms with Crippen molar-refractivity contribution in [2.45, 2.75) is 45.3 Å². The molecule has 1 saturated heterocycles. The van der Waals surface area contributed by atoms with E-state index in [1.54, 1.807) is 19.2 Å². The second-order valence-corrected chi connectivity index (χ2v) is 9.17. The number of piperidine rings is 1. The molecule has 1 N–H and O–H groups in total. The lowest BCUT2D eigenvalue weighted by Crippen LogP contribution is -2.36. The standard InChI is InChI=1S/C26H27F3N8O/c1-3-16-13-32-25(33-14-16)36-9-7-18(8-10-36)37-23-15-31-21(12-22(23)34-35-37)17-5-6-19(24(38)30-4-2)20(11-17)26(27,28)29/h5-6,11-15,18H,3-4,7-10H2,1-2H3,(H,30,38). The van der Waals surface area contributed by atoms with Gasteiger partial charge in [0.25, 0.3) is 5.91 Å². The normalized spacial score (nSPS) is 14.7. The van der Waals surface area contributed by atoms with Gasteiger partial charge in [-0.1, -0.05) is 18.2 Å². The van der Waals surface area contributed by atoms with Crippen LogP contribution in [-0.4, -0.2) is 55.5 Å². The Morgan fingerprint density at radius 2 is 1.79 bits per heavy atom. The number of carbonyl (C=O) groups excluding carboxylic acids is 1. The molecule has 0 bridgehead atoms. The van der Waals surface area contributed by atoms with Crippen molar-refractivity contribution in [3.63, 3.8) is 0 Å². The summed E-state index contributed by atoms with van der Waals surface area (Å²) in [4.78, 5) is 27.7. The highest BCUT2D eigenvalue weighted by Crippen LogP contribution is 2.35. The number of benzene rings is 1. The average Bonchev–Trinajstić information content (AvgIpc) is 3.36. The van der Waals surface area contributed by atoms with Crippen molar-refractivity contribution in [3.05, 3.63) is 59.5 Å². The molecule has 0 aliphatic carbocycles.